The summed E-state index contributed by atoms with van der Waals surface area (Å²) in [5, 5.41) is 16.9. The van der Waals surface area contributed by atoms with Crippen LogP contribution in [0.1, 0.15) is 25.0 Å². The lowest BCUT2D eigenvalue weighted by Crippen LogP contribution is -2.44. The number of hydrogen-bond acceptors (Lipinski definition) is 4. The van der Waals surface area contributed by atoms with Gasteiger partial charge in [0.05, 0.1) is 19.3 Å². The number of rotatable bonds is 7. The molecule has 1 aliphatic rings. The maximum Gasteiger partial charge on any atom is 0.191 e. The van der Waals surface area contributed by atoms with Gasteiger partial charge in [-0.25, -0.2) is 4.39 Å². The van der Waals surface area contributed by atoms with Crippen LogP contribution >= 0.6 is 24.0 Å². The van der Waals surface area contributed by atoms with Crippen LogP contribution in [0.15, 0.2) is 53.5 Å². The summed E-state index contributed by atoms with van der Waals surface area (Å²) in [6.07, 6.45) is -0.0291. The Morgan fingerprint density at radius 2 is 2.00 bits per heavy atom. The van der Waals surface area contributed by atoms with Crippen LogP contribution in [0.3, 0.4) is 0 Å². The molecule has 2 atom stereocenters. The highest BCUT2D eigenvalue weighted by molar-refractivity contribution is 14.0. The van der Waals surface area contributed by atoms with Crippen LogP contribution in [-0.2, 0) is 0 Å². The smallest absolute Gasteiger partial charge is 0.191 e. The quantitative estimate of drug-likeness (QED) is 0.293. The van der Waals surface area contributed by atoms with Gasteiger partial charge in [0.15, 0.2) is 5.96 Å². The first-order chi connectivity index (χ1) is 14.1. The van der Waals surface area contributed by atoms with E-state index in [2.05, 4.69) is 26.6 Å². The number of para-hydroxylation sites is 2. The van der Waals surface area contributed by atoms with E-state index in [1.54, 1.807) is 25.3 Å². The predicted molar refractivity (Wildman–Crippen MR) is 130 cm³/mol. The van der Waals surface area contributed by atoms with Crippen molar-refractivity contribution in [1.82, 2.24) is 10.6 Å². The lowest BCUT2D eigenvalue weighted by atomic mass is 10.1. The molecule has 0 radical (unpaired) electrons. The van der Waals surface area contributed by atoms with E-state index in [0.717, 1.165) is 30.9 Å². The van der Waals surface area contributed by atoms with Crippen LogP contribution in [0.2, 0.25) is 0 Å². The molecule has 0 amide bonds. The van der Waals surface area contributed by atoms with Crippen LogP contribution in [0.5, 0.6) is 5.75 Å². The third-order valence-electron chi connectivity index (χ3n) is 4.99. The number of benzene rings is 2. The second-order valence-corrected chi connectivity index (χ2v) is 7.00. The number of hydrogen-bond donors (Lipinski definition) is 3. The normalized spacial score (nSPS) is 17.3. The van der Waals surface area contributed by atoms with Gasteiger partial charge in [-0.2, -0.15) is 0 Å². The Morgan fingerprint density at radius 1 is 1.27 bits per heavy atom. The molecular weight excluding hydrogens is 498 g/mol. The molecule has 8 heteroatoms. The van der Waals surface area contributed by atoms with Crippen molar-refractivity contribution in [3.05, 3.63) is 59.9 Å². The number of aliphatic hydroxyl groups excluding tert-OH is 1. The van der Waals surface area contributed by atoms with Gasteiger partial charge >= 0.3 is 0 Å². The molecule has 1 heterocycles. The summed E-state index contributed by atoms with van der Waals surface area (Å²) in [5.74, 6) is 1.06. The summed E-state index contributed by atoms with van der Waals surface area (Å²) in [7, 11) is 1.68. The van der Waals surface area contributed by atoms with E-state index < -0.39 is 11.9 Å². The van der Waals surface area contributed by atoms with Crippen molar-refractivity contribution in [2.45, 2.75) is 25.5 Å². The fourth-order valence-electron chi connectivity index (χ4n) is 3.52. The number of guanidine groups is 1. The molecule has 3 N–H and O–H groups in total. The highest BCUT2D eigenvalue weighted by Gasteiger charge is 2.25. The zero-order valence-corrected chi connectivity index (χ0v) is 19.7. The van der Waals surface area contributed by atoms with Crippen LogP contribution < -0.4 is 20.3 Å². The first kappa shape index (κ1) is 24.2. The molecular formula is C22H30FIN4O2. The molecule has 2 unspecified atom stereocenters. The molecule has 0 aromatic heterocycles. The largest absolute Gasteiger partial charge is 0.495 e. The van der Waals surface area contributed by atoms with Crippen molar-refractivity contribution in [2.24, 2.45) is 4.99 Å². The van der Waals surface area contributed by atoms with E-state index >= 15 is 0 Å². The summed E-state index contributed by atoms with van der Waals surface area (Å²) in [6, 6.07) is 14.4. The van der Waals surface area contributed by atoms with Gasteiger partial charge in [0.2, 0.25) is 0 Å². The Labute approximate surface area is 194 Å². The van der Waals surface area contributed by atoms with Crippen molar-refractivity contribution < 1.29 is 14.2 Å². The Morgan fingerprint density at radius 3 is 2.73 bits per heavy atom. The summed E-state index contributed by atoms with van der Waals surface area (Å²) >= 11 is 0. The van der Waals surface area contributed by atoms with Crippen molar-refractivity contribution in [1.29, 1.82) is 0 Å². The van der Waals surface area contributed by atoms with Crippen molar-refractivity contribution >= 4 is 35.6 Å². The maximum absolute atomic E-state index is 13.9. The molecule has 1 fully saturated rings. The van der Waals surface area contributed by atoms with Gasteiger partial charge in [0.25, 0.3) is 0 Å². The molecule has 6 nitrogen and oxygen atoms in total. The van der Waals surface area contributed by atoms with Crippen LogP contribution in [0, 0.1) is 5.82 Å². The van der Waals surface area contributed by atoms with Crippen LogP contribution in [0.4, 0.5) is 10.1 Å². The predicted octanol–water partition coefficient (Wildman–Crippen LogP) is 3.32. The Hall–Kier alpha value is -2.07. The van der Waals surface area contributed by atoms with E-state index in [0.29, 0.717) is 12.5 Å². The molecule has 1 aliphatic heterocycles. The van der Waals surface area contributed by atoms with Crippen molar-refractivity contribution in [3.8, 4) is 5.75 Å². The average Bonchev–Trinajstić information content (AvgIpc) is 3.20. The SMILES string of the molecule is CCNC(=NCC(O)c1ccccc1F)NC1CCN(c2ccccc2OC)C1.I. The van der Waals surface area contributed by atoms with Gasteiger partial charge in [-0.1, -0.05) is 30.3 Å². The molecule has 0 spiro atoms. The van der Waals surface area contributed by atoms with Gasteiger partial charge in [0, 0.05) is 31.2 Å². The van der Waals surface area contributed by atoms with Crippen LogP contribution in [-0.4, -0.2) is 50.4 Å². The lowest BCUT2D eigenvalue weighted by molar-refractivity contribution is 0.182. The first-order valence-corrected chi connectivity index (χ1v) is 9.97. The Balaban J connectivity index is 0.00000320. The molecule has 3 rings (SSSR count). The average molecular weight is 528 g/mol. The van der Waals surface area contributed by atoms with Gasteiger partial charge in [-0.3, -0.25) is 4.99 Å². The summed E-state index contributed by atoms with van der Waals surface area (Å²) in [4.78, 5) is 6.75. The number of aliphatic hydroxyl groups is 1. The van der Waals surface area contributed by atoms with Gasteiger partial charge < -0.3 is 25.4 Å². The molecule has 164 valence electrons. The number of methoxy groups -OCH3 is 1. The minimum absolute atomic E-state index is 0. The number of halogens is 2. The Bertz CT molecular complexity index is 836. The van der Waals surface area contributed by atoms with Gasteiger partial charge in [-0.05, 0) is 31.5 Å². The van der Waals surface area contributed by atoms with Crippen molar-refractivity contribution in [3.63, 3.8) is 0 Å². The van der Waals surface area contributed by atoms with Gasteiger partial charge in [0.1, 0.15) is 17.7 Å². The number of aliphatic imine (C=N–C) groups is 1. The number of ether oxygens (including phenoxy) is 1. The van der Waals surface area contributed by atoms with Gasteiger partial charge in [-0.15, -0.1) is 24.0 Å². The monoisotopic (exact) mass is 528 g/mol. The molecule has 0 saturated carbocycles. The van der Waals surface area contributed by atoms with E-state index in [1.165, 1.54) is 6.07 Å². The van der Waals surface area contributed by atoms with Crippen molar-refractivity contribution in [2.75, 3.05) is 38.2 Å². The molecule has 1 saturated heterocycles. The summed E-state index contributed by atoms with van der Waals surface area (Å²) in [6.45, 7) is 4.50. The summed E-state index contributed by atoms with van der Waals surface area (Å²) in [5.41, 5.74) is 1.34. The molecule has 30 heavy (non-hydrogen) atoms. The third-order valence-corrected chi connectivity index (χ3v) is 4.99. The van der Waals surface area contributed by atoms with E-state index in [1.807, 2.05) is 25.1 Å². The molecule has 0 aliphatic carbocycles. The maximum atomic E-state index is 13.9. The second kappa shape index (κ2) is 11.9. The fraction of sp³-hybridized carbons (Fsp3) is 0.409. The number of anilines is 1. The highest BCUT2D eigenvalue weighted by Crippen LogP contribution is 2.30. The third kappa shape index (κ3) is 6.21. The minimum Gasteiger partial charge on any atom is -0.495 e. The first-order valence-electron chi connectivity index (χ1n) is 9.97. The zero-order valence-electron chi connectivity index (χ0n) is 17.3. The lowest BCUT2D eigenvalue weighted by Gasteiger charge is -2.22. The van der Waals surface area contributed by atoms with E-state index in [4.69, 9.17) is 4.74 Å². The number of nitrogens with one attached hydrogen (secondary N) is 2. The summed E-state index contributed by atoms with van der Waals surface area (Å²) < 4.78 is 19.3. The highest BCUT2D eigenvalue weighted by atomic mass is 127. The molecule has 2 aromatic carbocycles. The number of nitrogens with zero attached hydrogens (tertiary/aromatic N) is 2. The second-order valence-electron chi connectivity index (χ2n) is 7.00. The van der Waals surface area contributed by atoms with E-state index in [9.17, 15) is 9.50 Å². The van der Waals surface area contributed by atoms with Crippen LogP contribution in [0.25, 0.3) is 0 Å². The minimum atomic E-state index is -0.986. The molecule has 0 bridgehead atoms. The zero-order chi connectivity index (χ0) is 20.6. The standard InChI is InChI=1S/C22H29FN4O2.HI/c1-3-24-22(25-14-20(28)17-8-4-5-9-18(17)23)26-16-12-13-27(15-16)19-10-6-7-11-21(19)29-2;/h4-11,16,20,28H,3,12-15H2,1-2H3,(H2,24,25,26);1H. The molecule has 2 aromatic rings. The Kier molecular flexibility index (Phi) is 9.64. The van der Waals surface area contributed by atoms with E-state index in [-0.39, 0.29) is 42.1 Å². The topological polar surface area (TPSA) is 69.1 Å². The fourth-order valence-corrected chi connectivity index (χ4v) is 3.52.